The maximum absolute atomic E-state index is 12.1. The molecule has 0 saturated heterocycles. The van der Waals surface area contributed by atoms with Crippen molar-refractivity contribution in [1.82, 2.24) is 14.9 Å². The van der Waals surface area contributed by atoms with Gasteiger partial charge in [0.05, 0.1) is 23.9 Å². The van der Waals surface area contributed by atoms with Crippen LogP contribution in [0, 0.1) is 6.92 Å². The molecular weight excluding hydrogens is 426 g/mol. The Balaban J connectivity index is 1.32. The van der Waals surface area contributed by atoms with Crippen LogP contribution in [0.15, 0.2) is 65.3 Å². The Kier molecular flexibility index (Phi) is 7.12. The van der Waals surface area contributed by atoms with E-state index in [-0.39, 0.29) is 5.91 Å². The Labute approximate surface area is 192 Å². The summed E-state index contributed by atoms with van der Waals surface area (Å²) < 4.78 is 13.2. The molecule has 6 nitrogen and oxygen atoms in total. The first-order valence-electron chi connectivity index (χ1n) is 10.8. The van der Waals surface area contributed by atoms with E-state index in [1.165, 1.54) is 6.26 Å². The van der Waals surface area contributed by atoms with Crippen LogP contribution in [0.4, 0.5) is 0 Å². The van der Waals surface area contributed by atoms with Crippen molar-refractivity contribution in [2.75, 3.05) is 13.2 Å². The summed E-state index contributed by atoms with van der Waals surface area (Å²) in [5.41, 5.74) is 3.08. The Morgan fingerprint density at radius 2 is 2.03 bits per heavy atom. The summed E-state index contributed by atoms with van der Waals surface area (Å²) in [4.78, 5) is 16.9. The van der Waals surface area contributed by atoms with Gasteiger partial charge in [0.15, 0.2) is 5.76 Å². The molecule has 0 aliphatic carbocycles. The van der Waals surface area contributed by atoms with Gasteiger partial charge in [0.1, 0.15) is 11.6 Å². The molecule has 1 N–H and O–H groups in total. The second-order valence-electron chi connectivity index (χ2n) is 7.62. The Bertz CT molecular complexity index is 1180. The minimum atomic E-state index is -0.216. The molecule has 0 spiro atoms. The summed E-state index contributed by atoms with van der Waals surface area (Å²) in [5, 5.41) is 3.64. The number of fused-ring (bicyclic) bond motifs is 1. The lowest BCUT2D eigenvalue weighted by Gasteiger charge is -2.11. The maximum atomic E-state index is 12.1. The fourth-order valence-electron chi connectivity index (χ4n) is 3.62. The zero-order valence-electron chi connectivity index (χ0n) is 18.0. The van der Waals surface area contributed by atoms with E-state index in [2.05, 4.69) is 16.0 Å². The smallest absolute Gasteiger partial charge is 0.286 e. The zero-order chi connectivity index (χ0) is 22.3. The molecule has 0 radical (unpaired) electrons. The van der Waals surface area contributed by atoms with E-state index in [1.54, 1.807) is 12.1 Å². The van der Waals surface area contributed by atoms with Gasteiger partial charge in [0, 0.05) is 24.5 Å². The van der Waals surface area contributed by atoms with Crippen LogP contribution in [0.2, 0.25) is 5.02 Å². The molecule has 166 valence electrons. The molecule has 4 rings (SSSR count). The van der Waals surface area contributed by atoms with Gasteiger partial charge in [-0.05, 0) is 67.8 Å². The number of nitrogens with zero attached hydrogens (tertiary/aromatic N) is 2. The van der Waals surface area contributed by atoms with Crippen molar-refractivity contribution in [1.29, 1.82) is 0 Å². The second kappa shape index (κ2) is 10.4. The highest BCUT2D eigenvalue weighted by molar-refractivity contribution is 6.31. The van der Waals surface area contributed by atoms with Gasteiger partial charge in [-0.15, -0.1) is 0 Å². The van der Waals surface area contributed by atoms with Gasteiger partial charge in [0.25, 0.3) is 5.91 Å². The van der Waals surface area contributed by atoms with E-state index in [1.807, 2.05) is 43.3 Å². The van der Waals surface area contributed by atoms with E-state index in [0.29, 0.717) is 25.3 Å². The van der Waals surface area contributed by atoms with Gasteiger partial charge >= 0.3 is 0 Å². The second-order valence-corrected chi connectivity index (χ2v) is 8.03. The molecule has 0 bridgehead atoms. The summed E-state index contributed by atoms with van der Waals surface area (Å²) >= 11 is 6.07. The molecule has 0 fully saturated rings. The first-order valence-corrected chi connectivity index (χ1v) is 11.1. The number of halogens is 1. The summed E-state index contributed by atoms with van der Waals surface area (Å²) in [6, 6.07) is 17.2. The first kappa shape index (κ1) is 22.0. The summed E-state index contributed by atoms with van der Waals surface area (Å²) in [6.07, 6.45) is 4.01. The number of furan rings is 1. The third kappa shape index (κ3) is 5.32. The van der Waals surface area contributed by atoms with Crippen LogP contribution in [0.25, 0.3) is 11.0 Å². The maximum Gasteiger partial charge on any atom is 0.286 e. The largest absolute Gasteiger partial charge is 0.494 e. The molecule has 0 aliphatic rings. The van der Waals surface area contributed by atoms with Crippen LogP contribution in [0.1, 0.15) is 34.8 Å². The molecule has 2 aromatic heterocycles. The highest BCUT2D eigenvalue weighted by atomic mass is 35.5. The van der Waals surface area contributed by atoms with Crippen LogP contribution in [0.3, 0.4) is 0 Å². The van der Waals surface area contributed by atoms with Crippen LogP contribution in [-0.2, 0) is 13.0 Å². The minimum absolute atomic E-state index is 0.216. The van der Waals surface area contributed by atoms with Crippen LogP contribution >= 0.6 is 11.6 Å². The molecule has 1 amide bonds. The molecule has 0 unspecified atom stereocenters. The number of aromatic nitrogens is 2. The average Bonchev–Trinajstić information content (AvgIpc) is 3.44. The molecule has 0 atom stereocenters. The highest BCUT2D eigenvalue weighted by Crippen LogP contribution is 2.21. The predicted octanol–water partition coefficient (Wildman–Crippen LogP) is 5.42. The van der Waals surface area contributed by atoms with Crippen molar-refractivity contribution < 1.29 is 13.9 Å². The quantitative estimate of drug-likeness (QED) is 0.327. The van der Waals surface area contributed by atoms with Gasteiger partial charge in [-0.25, -0.2) is 4.98 Å². The third-order valence-electron chi connectivity index (χ3n) is 5.29. The third-order valence-corrected chi connectivity index (χ3v) is 5.71. The van der Waals surface area contributed by atoms with Crippen molar-refractivity contribution >= 4 is 28.5 Å². The predicted molar refractivity (Wildman–Crippen MR) is 125 cm³/mol. The monoisotopic (exact) mass is 451 g/mol. The van der Waals surface area contributed by atoms with Crippen molar-refractivity contribution in [3.05, 3.63) is 83.0 Å². The first-order chi connectivity index (χ1) is 15.6. The molecule has 0 aliphatic heterocycles. The Hall–Kier alpha value is -3.25. The fourth-order valence-corrected chi connectivity index (χ4v) is 3.73. The van der Waals surface area contributed by atoms with Crippen molar-refractivity contribution in [3.63, 3.8) is 0 Å². The molecule has 7 heteroatoms. The standard InChI is InChI=1S/C25H26ClN3O3/c1-18-17-19(10-11-20(18)26)31-15-5-4-14-29-22-8-3-2-7-21(22)28-24(29)12-13-27-25(30)23-9-6-16-32-23/h2-3,6-11,16-17H,4-5,12-15H2,1H3,(H,27,30). The highest BCUT2D eigenvalue weighted by Gasteiger charge is 2.12. The van der Waals surface area contributed by atoms with Gasteiger partial charge in [-0.1, -0.05) is 23.7 Å². The number of hydrogen-bond acceptors (Lipinski definition) is 4. The van der Waals surface area contributed by atoms with E-state index in [0.717, 1.165) is 52.6 Å². The number of carbonyl (C=O) groups is 1. The number of rotatable bonds is 10. The minimum Gasteiger partial charge on any atom is -0.494 e. The number of carbonyl (C=O) groups excluding carboxylic acids is 1. The summed E-state index contributed by atoms with van der Waals surface area (Å²) in [7, 11) is 0. The molecule has 4 aromatic rings. The number of benzene rings is 2. The lowest BCUT2D eigenvalue weighted by atomic mass is 10.2. The molecule has 0 saturated carbocycles. The van der Waals surface area contributed by atoms with Gasteiger partial charge in [0.2, 0.25) is 0 Å². The van der Waals surface area contributed by atoms with Gasteiger partial charge < -0.3 is 19.0 Å². The van der Waals surface area contributed by atoms with E-state index in [4.69, 9.17) is 25.7 Å². The number of ether oxygens (including phenoxy) is 1. The Morgan fingerprint density at radius 1 is 1.16 bits per heavy atom. The number of para-hydroxylation sites is 2. The normalized spacial score (nSPS) is 11.1. The molecule has 32 heavy (non-hydrogen) atoms. The lowest BCUT2D eigenvalue weighted by Crippen LogP contribution is -2.26. The van der Waals surface area contributed by atoms with Crippen LogP contribution in [-0.4, -0.2) is 28.6 Å². The van der Waals surface area contributed by atoms with Crippen LogP contribution < -0.4 is 10.1 Å². The molecule has 2 heterocycles. The van der Waals surface area contributed by atoms with E-state index in [9.17, 15) is 4.79 Å². The number of imidazole rings is 1. The van der Waals surface area contributed by atoms with E-state index >= 15 is 0 Å². The van der Waals surface area contributed by atoms with Crippen molar-refractivity contribution in [2.45, 2.75) is 32.7 Å². The molecule has 2 aromatic carbocycles. The lowest BCUT2D eigenvalue weighted by molar-refractivity contribution is 0.0926. The number of aryl methyl sites for hydroxylation is 2. The van der Waals surface area contributed by atoms with Crippen molar-refractivity contribution in [2.24, 2.45) is 0 Å². The summed E-state index contributed by atoms with van der Waals surface area (Å²) in [6.45, 7) is 3.94. The molecular formula is C25H26ClN3O3. The fraction of sp³-hybridized carbons (Fsp3) is 0.280. The number of amides is 1. The number of nitrogens with one attached hydrogen (secondary N) is 1. The van der Waals surface area contributed by atoms with E-state index < -0.39 is 0 Å². The topological polar surface area (TPSA) is 69.3 Å². The zero-order valence-corrected chi connectivity index (χ0v) is 18.8. The SMILES string of the molecule is Cc1cc(OCCCCn2c(CCNC(=O)c3ccco3)nc3ccccc32)ccc1Cl. The number of hydrogen-bond donors (Lipinski definition) is 1. The van der Waals surface area contributed by atoms with Crippen molar-refractivity contribution in [3.8, 4) is 5.75 Å². The Morgan fingerprint density at radius 3 is 2.84 bits per heavy atom. The van der Waals surface area contributed by atoms with Gasteiger partial charge in [-0.2, -0.15) is 0 Å². The summed E-state index contributed by atoms with van der Waals surface area (Å²) in [5.74, 6) is 1.90. The number of unbranched alkanes of at least 4 members (excludes halogenated alkanes) is 1. The van der Waals surface area contributed by atoms with Crippen LogP contribution in [0.5, 0.6) is 5.75 Å². The average molecular weight is 452 g/mol. The van der Waals surface area contributed by atoms with Gasteiger partial charge in [-0.3, -0.25) is 4.79 Å².